The van der Waals surface area contributed by atoms with Gasteiger partial charge < -0.3 is 15.7 Å². The lowest BCUT2D eigenvalue weighted by Crippen LogP contribution is -2.49. The Labute approximate surface area is 67.2 Å². The number of rotatable bonds is 2. The molecule has 0 aromatic heterocycles. The molecule has 3 heteroatoms. The molecule has 1 heterocycles. The maximum absolute atomic E-state index is 9.04. The molecular formula is C8H16N2O. The standard InChI is InChI=1S/C8H16N2O/c11-8-3-7(4-8)10-6-1-2-9-5-6/h6-11H,1-5H2/t6-,7?,8?/m0/s1. The van der Waals surface area contributed by atoms with Gasteiger partial charge in [0.05, 0.1) is 6.10 Å². The molecule has 1 aliphatic heterocycles. The maximum atomic E-state index is 9.04. The monoisotopic (exact) mass is 156 g/mol. The molecule has 1 saturated heterocycles. The molecule has 1 atom stereocenters. The first-order valence-electron chi connectivity index (χ1n) is 4.49. The Balaban J connectivity index is 1.66. The van der Waals surface area contributed by atoms with Crippen molar-refractivity contribution in [2.45, 2.75) is 37.5 Å². The van der Waals surface area contributed by atoms with E-state index in [4.69, 9.17) is 5.11 Å². The zero-order chi connectivity index (χ0) is 7.68. The number of hydrogen-bond acceptors (Lipinski definition) is 3. The molecule has 2 fully saturated rings. The van der Waals surface area contributed by atoms with Crippen LogP contribution in [0.1, 0.15) is 19.3 Å². The Morgan fingerprint density at radius 2 is 2.09 bits per heavy atom. The van der Waals surface area contributed by atoms with E-state index in [1.54, 1.807) is 0 Å². The fourth-order valence-electron chi connectivity index (χ4n) is 1.85. The highest BCUT2D eigenvalue weighted by Gasteiger charge is 2.29. The van der Waals surface area contributed by atoms with Gasteiger partial charge in [-0.05, 0) is 25.8 Å². The van der Waals surface area contributed by atoms with Gasteiger partial charge in [0.25, 0.3) is 0 Å². The fourth-order valence-corrected chi connectivity index (χ4v) is 1.85. The Kier molecular flexibility index (Phi) is 2.11. The quantitative estimate of drug-likeness (QED) is 0.503. The number of aliphatic hydroxyl groups is 1. The summed E-state index contributed by atoms with van der Waals surface area (Å²) in [5.74, 6) is 0. The molecule has 0 aromatic rings. The van der Waals surface area contributed by atoms with Crippen LogP contribution in [-0.2, 0) is 0 Å². The molecule has 0 amide bonds. The van der Waals surface area contributed by atoms with Crippen LogP contribution < -0.4 is 10.6 Å². The summed E-state index contributed by atoms with van der Waals surface area (Å²) in [6.07, 6.45) is 3.13. The van der Waals surface area contributed by atoms with Crippen LogP contribution in [0.15, 0.2) is 0 Å². The van der Waals surface area contributed by atoms with Gasteiger partial charge in [0, 0.05) is 18.6 Å². The van der Waals surface area contributed by atoms with E-state index in [0.29, 0.717) is 12.1 Å². The summed E-state index contributed by atoms with van der Waals surface area (Å²) in [4.78, 5) is 0. The van der Waals surface area contributed by atoms with Gasteiger partial charge >= 0.3 is 0 Å². The van der Waals surface area contributed by atoms with E-state index in [9.17, 15) is 0 Å². The van der Waals surface area contributed by atoms with Crippen LogP contribution in [0.5, 0.6) is 0 Å². The van der Waals surface area contributed by atoms with E-state index in [0.717, 1.165) is 25.9 Å². The fraction of sp³-hybridized carbons (Fsp3) is 1.00. The molecule has 3 nitrogen and oxygen atoms in total. The smallest absolute Gasteiger partial charge is 0.0570 e. The van der Waals surface area contributed by atoms with E-state index in [-0.39, 0.29) is 6.10 Å². The van der Waals surface area contributed by atoms with Gasteiger partial charge in [-0.1, -0.05) is 0 Å². The van der Waals surface area contributed by atoms with Crippen molar-refractivity contribution < 1.29 is 5.11 Å². The van der Waals surface area contributed by atoms with Gasteiger partial charge in [-0.15, -0.1) is 0 Å². The zero-order valence-electron chi connectivity index (χ0n) is 6.71. The maximum Gasteiger partial charge on any atom is 0.0570 e. The molecule has 2 rings (SSSR count). The number of aliphatic hydroxyl groups excluding tert-OH is 1. The van der Waals surface area contributed by atoms with Gasteiger partial charge in [0.15, 0.2) is 0 Å². The molecule has 2 aliphatic rings. The minimum absolute atomic E-state index is 0.0261. The van der Waals surface area contributed by atoms with Crippen molar-refractivity contribution in [1.82, 2.24) is 10.6 Å². The lowest BCUT2D eigenvalue weighted by molar-refractivity contribution is 0.0587. The van der Waals surface area contributed by atoms with E-state index in [1.165, 1.54) is 6.42 Å². The molecule has 0 aromatic carbocycles. The molecular weight excluding hydrogens is 140 g/mol. The Bertz CT molecular complexity index is 128. The van der Waals surface area contributed by atoms with E-state index >= 15 is 0 Å². The first kappa shape index (κ1) is 7.53. The van der Waals surface area contributed by atoms with Gasteiger partial charge in [-0.3, -0.25) is 0 Å². The molecule has 64 valence electrons. The lowest BCUT2D eigenvalue weighted by Gasteiger charge is -2.34. The summed E-state index contributed by atoms with van der Waals surface area (Å²) >= 11 is 0. The molecule has 1 saturated carbocycles. The third-order valence-electron chi connectivity index (χ3n) is 2.64. The molecule has 0 bridgehead atoms. The van der Waals surface area contributed by atoms with Crippen LogP contribution in [0, 0.1) is 0 Å². The van der Waals surface area contributed by atoms with E-state index in [1.807, 2.05) is 0 Å². The number of nitrogens with one attached hydrogen (secondary N) is 2. The van der Waals surface area contributed by atoms with Gasteiger partial charge in [-0.2, -0.15) is 0 Å². The van der Waals surface area contributed by atoms with Crippen LogP contribution >= 0.6 is 0 Å². The van der Waals surface area contributed by atoms with Gasteiger partial charge in [0.1, 0.15) is 0 Å². The second-order valence-corrected chi connectivity index (χ2v) is 3.68. The zero-order valence-corrected chi connectivity index (χ0v) is 6.71. The van der Waals surface area contributed by atoms with Crippen molar-refractivity contribution in [3.8, 4) is 0 Å². The van der Waals surface area contributed by atoms with Crippen molar-refractivity contribution in [3.63, 3.8) is 0 Å². The molecule has 1 aliphatic carbocycles. The third kappa shape index (κ3) is 1.72. The highest BCUT2D eigenvalue weighted by molar-refractivity contribution is 4.89. The summed E-state index contributed by atoms with van der Waals surface area (Å²) in [7, 11) is 0. The van der Waals surface area contributed by atoms with Crippen LogP contribution in [0.4, 0.5) is 0 Å². The molecule has 0 unspecified atom stereocenters. The Morgan fingerprint density at radius 1 is 1.27 bits per heavy atom. The van der Waals surface area contributed by atoms with E-state index in [2.05, 4.69) is 10.6 Å². The van der Waals surface area contributed by atoms with Crippen LogP contribution in [-0.4, -0.2) is 36.4 Å². The molecule has 0 radical (unpaired) electrons. The first-order valence-corrected chi connectivity index (χ1v) is 4.49. The predicted molar refractivity (Wildman–Crippen MR) is 43.4 cm³/mol. The van der Waals surface area contributed by atoms with Crippen LogP contribution in [0.25, 0.3) is 0 Å². The predicted octanol–water partition coefficient (Wildman–Crippen LogP) is -0.539. The topological polar surface area (TPSA) is 44.3 Å². The van der Waals surface area contributed by atoms with Crippen molar-refractivity contribution >= 4 is 0 Å². The second-order valence-electron chi connectivity index (χ2n) is 3.68. The van der Waals surface area contributed by atoms with E-state index < -0.39 is 0 Å². The van der Waals surface area contributed by atoms with Crippen molar-refractivity contribution in [2.24, 2.45) is 0 Å². The van der Waals surface area contributed by atoms with Crippen molar-refractivity contribution in [3.05, 3.63) is 0 Å². The summed E-state index contributed by atoms with van der Waals surface area (Å²) in [5.41, 5.74) is 0. The minimum atomic E-state index is -0.0261. The van der Waals surface area contributed by atoms with Crippen LogP contribution in [0.2, 0.25) is 0 Å². The number of hydrogen-bond donors (Lipinski definition) is 3. The third-order valence-corrected chi connectivity index (χ3v) is 2.64. The SMILES string of the molecule is OC1CC(N[C@H]2CCNC2)C1. The summed E-state index contributed by atoms with van der Waals surface area (Å²) < 4.78 is 0. The first-order chi connectivity index (χ1) is 5.34. The molecule has 3 N–H and O–H groups in total. The summed E-state index contributed by atoms with van der Waals surface area (Å²) in [5, 5.41) is 15.9. The average Bonchev–Trinajstić information content (AvgIpc) is 2.36. The summed E-state index contributed by atoms with van der Waals surface area (Å²) in [6.45, 7) is 2.25. The molecule has 0 spiro atoms. The molecule has 11 heavy (non-hydrogen) atoms. The highest BCUT2D eigenvalue weighted by Crippen LogP contribution is 2.20. The second kappa shape index (κ2) is 3.09. The Hall–Kier alpha value is -0.120. The minimum Gasteiger partial charge on any atom is -0.393 e. The lowest BCUT2D eigenvalue weighted by atomic mass is 9.89. The largest absolute Gasteiger partial charge is 0.393 e. The average molecular weight is 156 g/mol. The van der Waals surface area contributed by atoms with Gasteiger partial charge in [-0.25, -0.2) is 0 Å². The van der Waals surface area contributed by atoms with Crippen LogP contribution in [0.3, 0.4) is 0 Å². The Morgan fingerprint density at radius 3 is 2.64 bits per heavy atom. The van der Waals surface area contributed by atoms with Gasteiger partial charge in [0.2, 0.25) is 0 Å². The van der Waals surface area contributed by atoms with Crippen molar-refractivity contribution in [1.29, 1.82) is 0 Å². The summed E-state index contributed by atoms with van der Waals surface area (Å²) in [6, 6.07) is 1.25. The highest BCUT2D eigenvalue weighted by atomic mass is 16.3. The normalized spacial score (nSPS) is 43.9. The van der Waals surface area contributed by atoms with Crippen molar-refractivity contribution in [2.75, 3.05) is 13.1 Å².